The third-order valence-electron chi connectivity index (χ3n) is 4.75. The first-order chi connectivity index (χ1) is 14.5. The van der Waals surface area contributed by atoms with Gasteiger partial charge in [-0.15, -0.1) is 0 Å². The van der Waals surface area contributed by atoms with Crippen molar-refractivity contribution in [3.63, 3.8) is 0 Å². The number of imide groups is 1. The molecule has 9 heteroatoms. The number of ether oxygens (including phenoxy) is 2. The van der Waals surface area contributed by atoms with Gasteiger partial charge in [-0.05, 0) is 36.2 Å². The molecule has 1 fully saturated rings. The monoisotopic (exact) mass is 412 g/mol. The maximum Gasteiger partial charge on any atom is 0.325 e. The summed E-state index contributed by atoms with van der Waals surface area (Å²) in [7, 11) is 3.05. The fraction of sp³-hybridized carbons (Fsp3) is 0.333. The minimum absolute atomic E-state index is 0.105. The fourth-order valence-electron chi connectivity index (χ4n) is 3.14. The van der Waals surface area contributed by atoms with Gasteiger partial charge < -0.3 is 20.1 Å². The molecule has 2 aromatic rings. The van der Waals surface area contributed by atoms with E-state index in [2.05, 4.69) is 15.6 Å². The SMILES string of the molecule is COc1ccc(CN2C(=O)N[C@@H](CCC(=O)NCc3ccccn3)C2=O)cc1OC. The van der Waals surface area contributed by atoms with Gasteiger partial charge in [-0.3, -0.25) is 19.5 Å². The first-order valence-corrected chi connectivity index (χ1v) is 9.51. The number of pyridine rings is 1. The highest BCUT2D eigenvalue weighted by molar-refractivity contribution is 6.04. The van der Waals surface area contributed by atoms with E-state index in [0.717, 1.165) is 16.2 Å². The van der Waals surface area contributed by atoms with Crippen LogP contribution in [0.4, 0.5) is 4.79 Å². The molecule has 1 aliphatic heterocycles. The van der Waals surface area contributed by atoms with E-state index in [1.165, 1.54) is 14.2 Å². The first-order valence-electron chi connectivity index (χ1n) is 9.51. The van der Waals surface area contributed by atoms with E-state index < -0.39 is 12.1 Å². The Hall–Kier alpha value is -3.62. The molecule has 9 nitrogen and oxygen atoms in total. The molecule has 0 aliphatic carbocycles. The van der Waals surface area contributed by atoms with Gasteiger partial charge in [0.15, 0.2) is 11.5 Å². The number of amides is 4. The van der Waals surface area contributed by atoms with Crippen LogP contribution in [0.25, 0.3) is 0 Å². The van der Waals surface area contributed by atoms with Crippen LogP contribution in [-0.4, -0.2) is 48.0 Å². The standard InChI is InChI=1S/C21H24N4O5/c1-29-17-8-6-14(11-18(17)30-2)13-25-20(27)16(24-21(25)28)7-9-19(26)23-12-15-5-3-4-10-22-15/h3-6,8,10-11,16H,7,9,12-13H2,1-2H3,(H,23,26)(H,24,28)/t16-/m0/s1. The molecule has 1 aromatic carbocycles. The predicted octanol–water partition coefficient (Wildman–Crippen LogP) is 1.62. The lowest BCUT2D eigenvalue weighted by atomic mass is 10.1. The Morgan fingerprint density at radius 3 is 2.67 bits per heavy atom. The smallest absolute Gasteiger partial charge is 0.325 e. The van der Waals surface area contributed by atoms with Gasteiger partial charge in [-0.2, -0.15) is 0 Å². The van der Waals surface area contributed by atoms with E-state index >= 15 is 0 Å². The summed E-state index contributed by atoms with van der Waals surface area (Å²) in [6.45, 7) is 0.420. The second-order valence-electron chi connectivity index (χ2n) is 6.75. The van der Waals surface area contributed by atoms with Crippen molar-refractivity contribution in [1.29, 1.82) is 0 Å². The number of benzene rings is 1. The summed E-state index contributed by atoms with van der Waals surface area (Å²) in [6.07, 6.45) is 2.00. The average Bonchev–Trinajstić information content (AvgIpc) is 3.04. The molecule has 2 N–H and O–H groups in total. The van der Waals surface area contributed by atoms with Crippen molar-refractivity contribution in [3.05, 3.63) is 53.9 Å². The van der Waals surface area contributed by atoms with Crippen LogP contribution >= 0.6 is 0 Å². The molecule has 0 radical (unpaired) electrons. The minimum Gasteiger partial charge on any atom is -0.493 e. The van der Waals surface area contributed by atoms with Crippen molar-refractivity contribution >= 4 is 17.8 Å². The Balaban J connectivity index is 1.52. The average molecular weight is 412 g/mol. The van der Waals surface area contributed by atoms with Crippen LogP contribution in [0.1, 0.15) is 24.1 Å². The van der Waals surface area contributed by atoms with Crippen molar-refractivity contribution in [1.82, 2.24) is 20.5 Å². The van der Waals surface area contributed by atoms with Crippen LogP contribution in [0, 0.1) is 0 Å². The lowest BCUT2D eigenvalue weighted by Gasteiger charge is -2.15. The Labute approximate surface area is 174 Å². The summed E-state index contributed by atoms with van der Waals surface area (Å²) in [5.74, 6) is 0.518. The molecule has 4 amide bonds. The van der Waals surface area contributed by atoms with Crippen LogP contribution < -0.4 is 20.1 Å². The molecule has 30 heavy (non-hydrogen) atoms. The van der Waals surface area contributed by atoms with Crippen molar-refractivity contribution in [2.75, 3.05) is 14.2 Å². The van der Waals surface area contributed by atoms with E-state index in [1.54, 1.807) is 30.5 Å². The predicted molar refractivity (Wildman–Crippen MR) is 108 cm³/mol. The van der Waals surface area contributed by atoms with E-state index in [0.29, 0.717) is 18.0 Å². The van der Waals surface area contributed by atoms with Gasteiger partial charge in [-0.25, -0.2) is 4.79 Å². The highest BCUT2D eigenvalue weighted by Gasteiger charge is 2.37. The minimum atomic E-state index is -0.724. The molecule has 0 bridgehead atoms. The van der Waals surface area contributed by atoms with Crippen molar-refractivity contribution < 1.29 is 23.9 Å². The maximum atomic E-state index is 12.6. The number of aromatic nitrogens is 1. The zero-order chi connectivity index (χ0) is 21.5. The second kappa shape index (κ2) is 9.73. The number of methoxy groups -OCH3 is 2. The molecule has 2 heterocycles. The van der Waals surface area contributed by atoms with Gasteiger partial charge in [0.2, 0.25) is 5.91 Å². The maximum absolute atomic E-state index is 12.6. The van der Waals surface area contributed by atoms with Crippen molar-refractivity contribution in [3.8, 4) is 11.5 Å². The van der Waals surface area contributed by atoms with E-state index in [9.17, 15) is 14.4 Å². The molecule has 1 atom stereocenters. The molecule has 158 valence electrons. The third-order valence-corrected chi connectivity index (χ3v) is 4.75. The molecule has 1 saturated heterocycles. The Kier molecular flexibility index (Phi) is 6.84. The number of carbonyl (C=O) groups is 3. The molecular weight excluding hydrogens is 388 g/mol. The number of carbonyl (C=O) groups excluding carboxylic acids is 3. The second-order valence-corrected chi connectivity index (χ2v) is 6.75. The molecular formula is C21H24N4O5. The summed E-state index contributed by atoms with van der Waals surface area (Å²) in [5, 5.41) is 5.40. The zero-order valence-electron chi connectivity index (χ0n) is 16.9. The van der Waals surface area contributed by atoms with Crippen molar-refractivity contribution in [2.45, 2.75) is 32.0 Å². The van der Waals surface area contributed by atoms with Crippen molar-refractivity contribution in [2.24, 2.45) is 0 Å². The normalized spacial score (nSPS) is 15.7. The van der Waals surface area contributed by atoms with E-state index in [-0.39, 0.29) is 31.2 Å². The number of nitrogens with zero attached hydrogens (tertiary/aromatic N) is 2. The lowest BCUT2D eigenvalue weighted by Crippen LogP contribution is -2.32. The highest BCUT2D eigenvalue weighted by Crippen LogP contribution is 2.28. The summed E-state index contributed by atoms with van der Waals surface area (Å²) < 4.78 is 10.5. The number of nitrogens with one attached hydrogen (secondary N) is 2. The quantitative estimate of drug-likeness (QED) is 0.606. The zero-order valence-corrected chi connectivity index (χ0v) is 16.9. The van der Waals surface area contributed by atoms with Gasteiger partial charge in [0.05, 0.1) is 33.0 Å². The Morgan fingerprint density at radius 1 is 1.17 bits per heavy atom. The van der Waals surface area contributed by atoms with Crippen LogP contribution in [0.3, 0.4) is 0 Å². The van der Waals surface area contributed by atoms with Gasteiger partial charge in [0.25, 0.3) is 5.91 Å². The van der Waals surface area contributed by atoms with Gasteiger partial charge in [-0.1, -0.05) is 12.1 Å². The third kappa shape index (κ3) is 5.05. The molecule has 0 unspecified atom stereocenters. The van der Waals surface area contributed by atoms with Gasteiger partial charge in [0.1, 0.15) is 6.04 Å². The summed E-state index contributed by atoms with van der Waals surface area (Å²) in [5.41, 5.74) is 1.47. The fourth-order valence-corrected chi connectivity index (χ4v) is 3.14. The first kappa shape index (κ1) is 21.1. The Bertz CT molecular complexity index is 919. The number of hydrogen-bond acceptors (Lipinski definition) is 6. The van der Waals surface area contributed by atoms with E-state index in [4.69, 9.17) is 9.47 Å². The van der Waals surface area contributed by atoms with Crippen LogP contribution in [0.5, 0.6) is 11.5 Å². The Morgan fingerprint density at radius 2 is 1.97 bits per heavy atom. The number of urea groups is 1. The topological polar surface area (TPSA) is 110 Å². The molecule has 1 aromatic heterocycles. The number of rotatable bonds is 9. The highest BCUT2D eigenvalue weighted by atomic mass is 16.5. The van der Waals surface area contributed by atoms with Gasteiger partial charge in [0, 0.05) is 12.6 Å². The van der Waals surface area contributed by atoms with E-state index in [1.807, 2.05) is 12.1 Å². The molecule has 0 spiro atoms. The van der Waals surface area contributed by atoms with Gasteiger partial charge >= 0.3 is 6.03 Å². The molecule has 1 aliphatic rings. The van der Waals surface area contributed by atoms with Crippen LogP contribution in [0.2, 0.25) is 0 Å². The molecule has 3 rings (SSSR count). The summed E-state index contributed by atoms with van der Waals surface area (Å²) in [6, 6.07) is 9.45. The lowest BCUT2D eigenvalue weighted by molar-refractivity contribution is -0.128. The summed E-state index contributed by atoms with van der Waals surface area (Å²) in [4.78, 5) is 42.2. The summed E-state index contributed by atoms with van der Waals surface area (Å²) >= 11 is 0. The van der Waals surface area contributed by atoms with Crippen LogP contribution in [-0.2, 0) is 22.7 Å². The van der Waals surface area contributed by atoms with Crippen LogP contribution in [0.15, 0.2) is 42.6 Å². The largest absolute Gasteiger partial charge is 0.493 e. The number of hydrogen-bond donors (Lipinski definition) is 2. The molecule has 0 saturated carbocycles.